The largest absolute Gasteiger partial charge is 0.462 e. The minimum Gasteiger partial charge on any atom is -0.462 e. The Hall–Kier alpha value is -2.93. The highest BCUT2D eigenvalue weighted by Gasteiger charge is 2.23. The maximum absolute atomic E-state index is 12.6. The van der Waals surface area contributed by atoms with Gasteiger partial charge in [0.1, 0.15) is 22.5 Å². The van der Waals surface area contributed by atoms with Gasteiger partial charge < -0.3 is 14.1 Å². The molecule has 1 N–H and O–H groups in total. The number of benzene rings is 1. The van der Waals surface area contributed by atoms with Gasteiger partial charge in [0.15, 0.2) is 0 Å². The third-order valence-electron chi connectivity index (χ3n) is 4.79. The minimum atomic E-state index is -0.578. The lowest BCUT2D eigenvalue weighted by Crippen LogP contribution is -2.22. The van der Waals surface area contributed by atoms with Gasteiger partial charge in [-0.15, -0.1) is 0 Å². The molecule has 0 saturated carbocycles. The molecule has 1 aromatic carbocycles. The van der Waals surface area contributed by atoms with Crippen LogP contribution in [0.25, 0.3) is 11.1 Å². The Balaban J connectivity index is 1.80. The molecule has 0 amide bonds. The quantitative estimate of drug-likeness (QED) is 0.611. The zero-order chi connectivity index (χ0) is 21.1. The van der Waals surface area contributed by atoms with Crippen molar-refractivity contribution in [3.8, 4) is 0 Å². The first-order valence-corrected chi connectivity index (χ1v) is 9.77. The lowest BCUT2D eigenvalue weighted by atomic mass is 10.0. The van der Waals surface area contributed by atoms with E-state index in [9.17, 15) is 9.59 Å². The van der Waals surface area contributed by atoms with E-state index in [-0.39, 0.29) is 23.3 Å². The molecule has 0 atom stereocenters. The standard InChI is InChI=1S/C22H27N3O4/c1-6-28-22(27)18-14(4)29-21-19(18)20(26)23-17(24-21)12-25(5)11-15-7-9-16(10-8-15)13(2)3/h7-10,13H,6,11-12H2,1-5H3,(H,23,24,26). The zero-order valence-electron chi connectivity index (χ0n) is 17.5. The number of nitrogens with one attached hydrogen (secondary N) is 1. The van der Waals surface area contributed by atoms with Gasteiger partial charge in [-0.25, -0.2) is 4.79 Å². The van der Waals surface area contributed by atoms with Crippen molar-refractivity contribution in [1.29, 1.82) is 0 Å². The van der Waals surface area contributed by atoms with E-state index in [0.29, 0.717) is 30.6 Å². The molecule has 0 fully saturated rings. The molecule has 0 aliphatic carbocycles. The van der Waals surface area contributed by atoms with Gasteiger partial charge in [0.05, 0.1) is 13.2 Å². The number of furan rings is 1. The van der Waals surface area contributed by atoms with Crippen LogP contribution in [0, 0.1) is 6.92 Å². The second-order valence-electron chi connectivity index (χ2n) is 7.52. The first-order valence-electron chi connectivity index (χ1n) is 9.77. The Morgan fingerprint density at radius 1 is 1.24 bits per heavy atom. The molecule has 0 spiro atoms. The zero-order valence-corrected chi connectivity index (χ0v) is 17.5. The Kier molecular flexibility index (Phi) is 6.17. The molecule has 0 unspecified atom stereocenters. The van der Waals surface area contributed by atoms with Crippen LogP contribution in [0.1, 0.15) is 59.8 Å². The van der Waals surface area contributed by atoms with Gasteiger partial charge in [-0.3, -0.25) is 9.69 Å². The van der Waals surface area contributed by atoms with Crippen molar-refractivity contribution in [3.05, 3.63) is 62.9 Å². The van der Waals surface area contributed by atoms with Crippen LogP contribution in [0.3, 0.4) is 0 Å². The molecule has 154 valence electrons. The number of carbonyl (C=O) groups is 1. The maximum Gasteiger partial charge on any atom is 0.342 e. The number of aromatic amines is 1. The SMILES string of the molecule is CCOC(=O)c1c(C)oc2nc(CN(C)Cc3ccc(C(C)C)cc3)[nH]c(=O)c12. The number of H-pyrrole nitrogens is 1. The van der Waals surface area contributed by atoms with Crippen molar-refractivity contribution < 1.29 is 13.9 Å². The van der Waals surface area contributed by atoms with E-state index in [1.54, 1.807) is 13.8 Å². The molecule has 0 saturated heterocycles. The first kappa shape index (κ1) is 20.8. The number of aromatic nitrogens is 2. The van der Waals surface area contributed by atoms with Crippen LogP contribution < -0.4 is 5.56 Å². The molecule has 0 aliphatic rings. The van der Waals surface area contributed by atoms with Gasteiger partial charge in [-0.2, -0.15) is 4.98 Å². The molecule has 0 bridgehead atoms. The van der Waals surface area contributed by atoms with Crippen LogP contribution in [-0.2, 0) is 17.8 Å². The van der Waals surface area contributed by atoms with E-state index >= 15 is 0 Å². The molecule has 0 aliphatic heterocycles. The number of hydrogen-bond acceptors (Lipinski definition) is 6. The summed E-state index contributed by atoms with van der Waals surface area (Å²) in [6.07, 6.45) is 0. The number of rotatable bonds is 7. The number of carbonyl (C=O) groups excluding carboxylic acids is 1. The van der Waals surface area contributed by atoms with Gasteiger partial charge in [-0.1, -0.05) is 38.1 Å². The molecular weight excluding hydrogens is 370 g/mol. The molecule has 0 radical (unpaired) electrons. The predicted octanol–water partition coefficient (Wildman–Crippen LogP) is 3.76. The highest BCUT2D eigenvalue weighted by molar-refractivity contribution is 6.03. The third-order valence-corrected chi connectivity index (χ3v) is 4.79. The summed E-state index contributed by atoms with van der Waals surface area (Å²) >= 11 is 0. The molecule has 7 heteroatoms. The van der Waals surface area contributed by atoms with E-state index in [2.05, 4.69) is 53.0 Å². The Labute approximate surface area is 169 Å². The fraction of sp³-hybridized carbons (Fsp3) is 0.409. The van der Waals surface area contributed by atoms with Crippen LogP contribution in [0.2, 0.25) is 0 Å². The van der Waals surface area contributed by atoms with Crippen molar-refractivity contribution in [2.24, 2.45) is 0 Å². The van der Waals surface area contributed by atoms with Crippen LogP contribution in [0.4, 0.5) is 0 Å². The highest BCUT2D eigenvalue weighted by Crippen LogP contribution is 2.22. The lowest BCUT2D eigenvalue weighted by Gasteiger charge is -2.16. The number of esters is 1. The average Bonchev–Trinajstić information content (AvgIpc) is 2.98. The summed E-state index contributed by atoms with van der Waals surface area (Å²) in [7, 11) is 1.96. The summed E-state index contributed by atoms with van der Waals surface area (Å²) in [5.74, 6) is 0.727. The topological polar surface area (TPSA) is 88.4 Å². The molecule has 7 nitrogen and oxygen atoms in total. The minimum absolute atomic E-state index is 0.136. The van der Waals surface area contributed by atoms with Crippen molar-refractivity contribution in [3.63, 3.8) is 0 Å². The van der Waals surface area contributed by atoms with Gasteiger partial charge in [0.2, 0.25) is 5.71 Å². The summed E-state index contributed by atoms with van der Waals surface area (Å²) in [6.45, 7) is 9.04. The molecule has 29 heavy (non-hydrogen) atoms. The summed E-state index contributed by atoms with van der Waals surface area (Å²) < 4.78 is 10.6. The van der Waals surface area contributed by atoms with Crippen molar-refractivity contribution in [1.82, 2.24) is 14.9 Å². The molecule has 2 heterocycles. The molecule has 3 aromatic rings. The van der Waals surface area contributed by atoms with Gasteiger partial charge in [-0.05, 0) is 37.9 Å². The third kappa shape index (κ3) is 4.56. The predicted molar refractivity (Wildman–Crippen MR) is 111 cm³/mol. The van der Waals surface area contributed by atoms with Gasteiger partial charge >= 0.3 is 5.97 Å². The van der Waals surface area contributed by atoms with Crippen LogP contribution in [0.15, 0.2) is 33.5 Å². The van der Waals surface area contributed by atoms with Crippen molar-refractivity contribution >= 4 is 17.1 Å². The fourth-order valence-electron chi connectivity index (χ4n) is 3.32. The normalized spacial score (nSPS) is 11.6. The summed E-state index contributed by atoms with van der Waals surface area (Å²) in [4.78, 5) is 34.0. The highest BCUT2D eigenvalue weighted by atomic mass is 16.5. The number of ether oxygens (including phenoxy) is 1. The Morgan fingerprint density at radius 2 is 1.93 bits per heavy atom. The monoisotopic (exact) mass is 397 g/mol. The van der Waals surface area contributed by atoms with E-state index in [1.807, 2.05) is 7.05 Å². The van der Waals surface area contributed by atoms with Gasteiger partial charge in [0.25, 0.3) is 5.56 Å². The summed E-state index contributed by atoms with van der Waals surface area (Å²) in [6, 6.07) is 8.52. The summed E-state index contributed by atoms with van der Waals surface area (Å²) in [5.41, 5.74) is 2.37. The second-order valence-corrected chi connectivity index (χ2v) is 7.52. The molecule has 2 aromatic heterocycles. The fourth-order valence-corrected chi connectivity index (χ4v) is 3.32. The van der Waals surface area contributed by atoms with Crippen LogP contribution >= 0.6 is 0 Å². The van der Waals surface area contributed by atoms with Gasteiger partial charge in [0, 0.05) is 6.54 Å². The van der Waals surface area contributed by atoms with E-state index in [1.165, 1.54) is 11.1 Å². The van der Waals surface area contributed by atoms with E-state index in [0.717, 1.165) is 0 Å². The number of aryl methyl sites for hydroxylation is 1. The number of nitrogens with zero attached hydrogens (tertiary/aromatic N) is 2. The molecule has 3 rings (SSSR count). The lowest BCUT2D eigenvalue weighted by molar-refractivity contribution is 0.0526. The van der Waals surface area contributed by atoms with Crippen molar-refractivity contribution in [2.45, 2.75) is 46.7 Å². The maximum atomic E-state index is 12.6. The number of fused-ring (bicyclic) bond motifs is 1. The average molecular weight is 397 g/mol. The van der Waals surface area contributed by atoms with Crippen LogP contribution in [0.5, 0.6) is 0 Å². The Bertz CT molecular complexity index is 1060. The molecular formula is C22H27N3O4. The van der Waals surface area contributed by atoms with E-state index < -0.39 is 11.5 Å². The summed E-state index contributed by atoms with van der Waals surface area (Å²) in [5, 5.41) is 0.136. The number of hydrogen-bond donors (Lipinski definition) is 1. The first-order chi connectivity index (χ1) is 13.8. The second kappa shape index (κ2) is 8.61. The Morgan fingerprint density at radius 3 is 2.55 bits per heavy atom. The smallest absolute Gasteiger partial charge is 0.342 e. The van der Waals surface area contributed by atoms with E-state index in [4.69, 9.17) is 9.15 Å². The van der Waals surface area contributed by atoms with Crippen molar-refractivity contribution in [2.75, 3.05) is 13.7 Å². The van der Waals surface area contributed by atoms with Crippen LogP contribution in [-0.4, -0.2) is 34.5 Å².